The van der Waals surface area contributed by atoms with Crippen molar-refractivity contribution < 1.29 is 4.79 Å². The lowest BCUT2D eigenvalue weighted by atomic mass is 10.1. The Morgan fingerprint density at radius 2 is 1.80 bits per heavy atom. The summed E-state index contributed by atoms with van der Waals surface area (Å²) in [6.45, 7) is 5.91. The number of nitrogens with one attached hydrogen (secondary N) is 1. The van der Waals surface area contributed by atoms with Gasteiger partial charge in [-0.15, -0.1) is 0 Å². The molecule has 0 saturated heterocycles. The molecule has 4 heteroatoms. The number of rotatable bonds is 4. The number of nitrogens with zero attached hydrogens (tertiary/aromatic N) is 2. The van der Waals surface area contributed by atoms with E-state index in [2.05, 4.69) is 22.2 Å². The number of para-hydroxylation sites is 1. The van der Waals surface area contributed by atoms with Crippen LogP contribution in [-0.4, -0.2) is 15.9 Å². The summed E-state index contributed by atoms with van der Waals surface area (Å²) in [6.07, 6.45) is 2.46. The highest BCUT2D eigenvalue weighted by Gasteiger charge is 2.15. The predicted octanol–water partition coefficient (Wildman–Crippen LogP) is 4.58. The van der Waals surface area contributed by atoms with E-state index in [-0.39, 0.29) is 5.91 Å². The molecule has 0 aliphatic heterocycles. The molecule has 4 nitrogen and oxygen atoms in total. The summed E-state index contributed by atoms with van der Waals surface area (Å²) in [5, 5.41) is 3.03. The van der Waals surface area contributed by atoms with Crippen LogP contribution >= 0.6 is 0 Å². The minimum Gasteiger partial charge on any atom is -0.321 e. The highest BCUT2D eigenvalue weighted by atomic mass is 16.1. The van der Waals surface area contributed by atoms with Gasteiger partial charge in [-0.2, -0.15) is 0 Å². The third-order valence-corrected chi connectivity index (χ3v) is 4.23. The first-order chi connectivity index (χ1) is 12.1. The molecule has 3 rings (SSSR count). The van der Waals surface area contributed by atoms with Crippen molar-refractivity contribution in [2.45, 2.75) is 27.2 Å². The topological polar surface area (TPSA) is 54.9 Å². The second-order valence-electron chi connectivity index (χ2n) is 5.98. The number of hydrogen-bond acceptors (Lipinski definition) is 3. The van der Waals surface area contributed by atoms with E-state index in [0.29, 0.717) is 17.1 Å². The van der Waals surface area contributed by atoms with Crippen LogP contribution in [0.15, 0.2) is 54.7 Å². The molecular formula is C21H21N3O. The first-order valence-electron chi connectivity index (χ1n) is 8.39. The lowest BCUT2D eigenvalue weighted by Crippen LogP contribution is -2.17. The van der Waals surface area contributed by atoms with E-state index in [4.69, 9.17) is 0 Å². The highest BCUT2D eigenvalue weighted by molar-refractivity contribution is 6.05. The Labute approximate surface area is 148 Å². The van der Waals surface area contributed by atoms with Crippen molar-refractivity contribution in [2.75, 3.05) is 5.32 Å². The van der Waals surface area contributed by atoms with Crippen molar-refractivity contribution in [1.29, 1.82) is 0 Å². The number of amides is 1. The molecule has 1 heterocycles. The zero-order chi connectivity index (χ0) is 17.8. The van der Waals surface area contributed by atoms with Gasteiger partial charge in [0.15, 0.2) is 5.82 Å². The molecule has 2 aromatic carbocycles. The number of aromatic nitrogens is 2. The van der Waals surface area contributed by atoms with Gasteiger partial charge in [-0.1, -0.05) is 55.5 Å². The Morgan fingerprint density at radius 1 is 1.04 bits per heavy atom. The second kappa shape index (κ2) is 7.26. The van der Waals surface area contributed by atoms with Gasteiger partial charge in [-0.3, -0.25) is 4.79 Å². The summed E-state index contributed by atoms with van der Waals surface area (Å²) >= 11 is 0. The van der Waals surface area contributed by atoms with Crippen molar-refractivity contribution in [2.24, 2.45) is 0 Å². The molecule has 0 bridgehead atoms. The third kappa shape index (κ3) is 3.58. The fourth-order valence-electron chi connectivity index (χ4n) is 2.80. The SMILES string of the molecule is CCc1cccc(C)c1NC(=O)c1cnc(-c2ccccc2)nc1C. The fraction of sp³-hybridized carbons (Fsp3) is 0.190. The van der Waals surface area contributed by atoms with Crippen molar-refractivity contribution in [3.63, 3.8) is 0 Å². The molecule has 0 saturated carbocycles. The quantitative estimate of drug-likeness (QED) is 0.761. The van der Waals surface area contributed by atoms with Gasteiger partial charge in [0.05, 0.1) is 11.3 Å². The maximum Gasteiger partial charge on any atom is 0.259 e. The van der Waals surface area contributed by atoms with Gasteiger partial charge < -0.3 is 5.32 Å². The maximum absolute atomic E-state index is 12.7. The van der Waals surface area contributed by atoms with Crippen molar-refractivity contribution in [3.8, 4) is 11.4 Å². The van der Waals surface area contributed by atoms with Crippen molar-refractivity contribution in [3.05, 3.63) is 77.1 Å². The van der Waals surface area contributed by atoms with Gasteiger partial charge in [-0.25, -0.2) is 9.97 Å². The summed E-state index contributed by atoms with van der Waals surface area (Å²) in [5.74, 6) is 0.445. The zero-order valence-corrected chi connectivity index (χ0v) is 14.7. The Hall–Kier alpha value is -3.01. The number of carbonyl (C=O) groups is 1. The number of anilines is 1. The molecule has 3 aromatic rings. The van der Waals surface area contributed by atoms with Crippen LogP contribution in [0.3, 0.4) is 0 Å². The molecule has 25 heavy (non-hydrogen) atoms. The monoisotopic (exact) mass is 331 g/mol. The molecule has 1 N–H and O–H groups in total. The first kappa shape index (κ1) is 16.8. The van der Waals surface area contributed by atoms with E-state index in [0.717, 1.165) is 28.8 Å². The molecule has 0 aliphatic carbocycles. The second-order valence-corrected chi connectivity index (χ2v) is 5.98. The van der Waals surface area contributed by atoms with E-state index >= 15 is 0 Å². The van der Waals surface area contributed by atoms with Crippen LogP contribution in [0.1, 0.15) is 34.1 Å². The third-order valence-electron chi connectivity index (χ3n) is 4.23. The van der Waals surface area contributed by atoms with Gasteiger partial charge in [0.25, 0.3) is 5.91 Å². The smallest absolute Gasteiger partial charge is 0.259 e. The number of benzene rings is 2. The molecule has 0 spiro atoms. The maximum atomic E-state index is 12.7. The highest BCUT2D eigenvalue weighted by Crippen LogP contribution is 2.22. The molecule has 0 aliphatic rings. The van der Waals surface area contributed by atoms with Gasteiger partial charge in [0.2, 0.25) is 0 Å². The van der Waals surface area contributed by atoms with Gasteiger partial charge >= 0.3 is 0 Å². The lowest BCUT2D eigenvalue weighted by Gasteiger charge is -2.14. The van der Waals surface area contributed by atoms with Crippen LogP contribution < -0.4 is 5.32 Å². The normalized spacial score (nSPS) is 10.5. The average Bonchev–Trinajstić information content (AvgIpc) is 2.64. The minimum atomic E-state index is -0.180. The fourth-order valence-corrected chi connectivity index (χ4v) is 2.80. The molecule has 0 unspecified atom stereocenters. The Balaban J connectivity index is 1.89. The van der Waals surface area contributed by atoms with Crippen LogP contribution in [-0.2, 0) is 6.42 Å². The summed E-state index contributed by atoms with van der Waals surface area (Å²) in [4.78, 5) is 21.6. The molecule has 1 aromatic heterocycles. The summed E-state index contributed by atoms with van der Waals surface area (Å²) in [7, 11) is 0. The van der Waals surface area contributed by atoms with E-state index in [9.17, 15) is 4.79 Å². The van der Waals surface area contributed by atoms with Crippen LogP contribution in [0.5, 0.6) is 0 Å². The van der Waals surface area contributed by atoms with E-state index in [1.54, 1.807) is 6.20 Å². The molecule has 0 fully saturated rings. The number of carbonyl (C=O) groups excluding carboxylic acids is 1. The standard InChI is InChI=1S/C21H21N3O/c1-4-16-12-8-9-14(2)19(16)24-21(25)18-13-22-20(23-15(18)3)17-10-6-5-7-11-17/h5-13H,4H2,1-3H3,(H,24,25). The van der Waals surface area contributed by atoms with Crippen molar-refractivity contribution in [1.82, 2.24) is 9.97 Å². The van der Waals surface area contributed by atoms with Crippen LogP contribution in [0.4, 0.5) is 5.69 Å². The van der Waals surface area contributed by atoms with Crippen LogP contribution in [0.25, 0.3) is 11.4 Å². The van der Waals surface area contributed by atoms with Crippen LogP contribution in [0, 0.1) is 13.8 Å². The molecular weight excluding hydrogens is 310 g/mol. The largest absolute Gasteiger partial charge is 0.321 e. The summed E-state index contributed by atoms with van der Waals surface area (Å²) in [5.41, 5.74) is 5.13. The Bertz CT molecular complexity index is 904. The first-order valence-corrected chi connectivity index (χ1v) is 8.39. The average molecular weight is 331 g/mol. The van der Waals surface area contributed by atoms with Gasteiger partial charge in [0.1, 0.15) is 0 Å². The Kier molecular flexibility index (Phi) is 4.89. The molecule has 126 valence electrons. The van der Waals surface area contributed by atoms with Gasteiger partial charge in [-0.05, 0) is 31.4 Å². The summed E-state index contributed by atoms with van der Waals surface area (Å²) < 4.78 is 0. The summed E-state index contributed by atoms with van der Waals surface area (Å²) in [6, 6.07) is 15.8. The number of aryl methyl sites for hydroxylation is 3. The molecule has 0 atom stereocenters. The van der Waals surface area contributed by atoms with Crippen LogP contribution in [0.2, 0.25) is 0 Å². The van der Waals surface area contributed by atoms with E-state index in [1.807, 2.05) is 62.4 Å². The number of hydrogen-bond donors (Lipinski definition) is 1. The molecule has 1 amide bonds. The Morgan fingerprint density at radius 3 is 2.48 bits per heavy atom. The van der Waals surface area contributed by atoms with E-state index in [1.165, 1.54) is 0 Å². The van der Waals surface area contributed by atoms with Gasteiger partial charge in [0, 0.05) is 17.4 Å². The molecule has 0 radical (unpaired) electrons. The van der Waals surface area contributed by atoms with Crippen molar-refractivity contribution >= 4 is 11.6 Å². The van der Waals surface area contributed by atoms with E-state index < -0.39 is 0 Å². The minimum absolute atomic E-state index is 0.180. The lowest BCUT2D eigenvalue weighted by molar-refractivity contribution is 0.102. The zero-order valence-electron chi connectivity index (χ0n) is 14.7. The predicted molar refractivity (Wildman–Crippen MR) is 101 cm³/mol.